The summed E-state index contributed by atoms with van der Waals surface area (Å²) in [6.45, 7) is 0.297. The van der Waals surface area contributed by atoms with E-state index in [1.54, 1.807) is 10.9 Å². The van der Waals surface area contributed by atoms with Gasteiger partial charge in [0, 0.05) is 19.3 Å². The van der Waals surface area contributed by atoms with E-state index in [9.17, 15) is 4.39 Å². The highest BCUT2D eigenvalue weighted by Crippen LogP contribution is 2.29. The van der Waals surface area contributed by atoms with Crippen molar-refractivity contribution in [3.05, 3.63) is 42.0 Å². The topological polar surface area (TPSA) is 65.4 Å². The van der Waals surface area contributed by atoms with Gasteiger partial charge in [0.05, 0.1) is 11.6 Å². The molecule has 0 aliphatic carbocycles. The Morgan fingerprint density at radius 2 is 2.30 bits per heavy atom. The number of rotatable bonds is 5. The molecule has 0 unspecified atom stereocenters. The molecule has 0 aliphatic rings. The third-order valence-electron chi connectivity index (χ3n) is 2.62. The summed E-state index contributed by atoms with van der Waals surface area (Å²) in [7, 11) is 1.81. The zero-order chi connectivity index (χ0) is 14.5. The van der Waals surface area contributed by atoms with Gasteiger partial charge in [0.15, 0.2) is 0 Å². The number of amidine groups is 1. The maximum atomic E-state index is 13.3. The first-order valence-corrected chi connectivity index (χ1v) is 6.42. The van der Waals surface area contributed by atoms with Gasteiger partial charge in [-0.2, -0.15) is 5.10 Å². The number of aryl methyl sites for hydroxylation is 1. The summed E-state index contributed by atoms with van der Waals surface area (Å²) in [4.78, 5) is 4.04. The SMILES string of the molecule is Cn1nccc1COc1ccc(F)cc1N=C(N)CCl. The number of hydrogen-bond donors (Lipinski definition) is 1. The van der Waals surface area contributed by atoms with Gasteiger partial charge in [0.25, 0.3) is 0 Å². The van der Waals surface area contributed by atoms with E-state index in [0.717, 1.165) is 5.69 Å². The van der Waals surface area contributed by atoms with Gasteiger partial charge in [0.2, 0.25) is 0 Å². The minimum absolute atomic E-state index is 0.0671. The molecule has 1 aromatic carbocycles. The highest BCUT2D eigenvalue weighted by atomic mass is 35.5. The molecular weight excluding hydrogens is 283 g/mol. The number of halogens is 2. The average molecular weight is 297 g/mol. The Labute approximate surface area is 120 Å². The van der Waals surface area contributed by atoms with Crippen molar-refractivity contribution in [1.29, 1.82) is 0 Å². The predicted molar refractivity (Wildman–Crippen MR) is 75.9 cm³/mol. The van der Waals surface area contributed by atoms with Gasteiger partial charge >= 0.3 is 0 Å². The number of nitrogens with two attached hydrogens (primary N) is 1. The molecule has 0 atom stereocenters. The van der Waals surface area contributed by atoms with Crippen LogP contribution in [0.3, 0.4) is 0 Å². The van der Waals surface area contributed by atoms with Crippen LogP contribution in [0.25, 0.3) is 0 Å². The molecule has 1 heterocycles. The number of aliphatic imine (C=N–C) groups is 1. The second kappa shape index (κ2) is 6.38. The number of ether oxygens (including phenoxy) is 1. The Balaban J connectivity index is 2.21. The number of nitrogens with zero attached hydrogens (tertiary/aromatic N) is 3. The summed E-state index contributed by atoms with van der Waals surface area (Å²) < 4.78 is 20.6. The van der Waals surface area contributed by atoms with Crippen molar-refractivity contribution in [2.45, 2.75) is 6.61 Å². The minimum Gasteiger partial charge on any atom is -0.485 e. The lowest BCUT2D eigenvalue weighted by molar-refractivity contribution is 0.295. The predicted octanol–water partition coefficient (Wildman–Crippen LogP) is 2.37. The van der Waals surface area contributed by atoms with Crippen molar-refractivity contribution >= 4 is 23.1 Å². The van der Waals surface area contributed by atoms with E-state index >= 15 is 0 Å². The molecular formula is C13H14ClFN4O. The smallest absolute Gasteiger partial charge is 0.145 e. The van der Waals surface area contributed by atoms with Crippen LogP contribution >= 0.6 is 11.6 Å². The summed E-state index contributed by atoms with van der Waals surface area (Å²) in [6, 6.07) is 5.89. The first-order chi connectivity index (χ1) is 9.60. The van der Waals surface area contributed by atoms with Crippen LogP contribution in [0.1, 0.15) is 5.69 Å². The van der Waals surface area contributed by atoms with E-state index in [-0.39, 0.29) is 11.7 Å². The first-order valence-electron chi connectivity index (χ1n) is 5.88. The lowest BCUT2D eigenvalue weighted by atomic mass is 10.3. The third-order valence-corrected chi connectivity index (χ3v) is 2.89. The lowest BCUT2D eigenvalue weighted by Gasteiger charge is -2.09. The van der Waals surface area contributed by atoms with E-state index < -0.39 is 5.82 Å². The standard InChI is InChI=1S/C13H14ClFN4O/c1-19-10(4-5-17-19)8-20-12-3-2-9(15)6-11(12)18-13(16)7-14/h2-6H,7-8H2,1H3,(H2,16,18). The van der Waals surface area contributed by atoms with Crippen molar-refractivity contribution in [1.82, 2.24) is 9.78 Å². The molecule has 0 radical (unpaired) electrons. The van der Waals surface area contributed by atoms with Crippen molar-refractivity contribution in [3.8, 4) is 5.75 Å². The summed E-state index contributed by atoms with van der Waals surface area (Å²) >= 11 is 5.57. The molecule has 0 spiro atoms. The maximum Gasteiger partial charge on any atom is 0.145 e. The Hall–Kier alpha value is -2.08. The monoisotopic (exact) mass is 296 g/mol. The second-order valence-corrected chi connectivity index (χ2v) is 4.35. The van der Waals surface area contributed by atoms with Crippen molar-refractivity contribution in [2.24, 2.45) is 17.8 Å². The maximum absolute atomic E-state index is 13.3. The van der Waals surface area contributed by atoms with Crippen LogP contribution in [0, 0.1) is 5.82 Å². The molecule has 0 saturated heterocycles. The molecule has 1 aromatic heterocycles. The van der Waals surface area contributed by atoms with Crippen LogP contribution in [0.15, 0.2) is 35.5 Å². The molecule has 5 nitrogen and oxygen atoms in total. The highest BCUT2D eigenvalue weighted by Gasteiger charge is 2.07. The largest absolute Gasteiger partial charge is 0.485 e. The number of aromatic nitrogens is 2. The van der Waals surface area contributed by atoms with Gasteiger partial charge in [-0.1, -0.05) is 0 Å². The fourth-order valence-electron chi connectivity index (χ4n) is 1.58. The molecule has 0 fully saturated rings. The van der Waals surface area contributed by atoms with E-state index in [2.05, 4.69) is 10.1 Å². The van der Waals surface area contributed by atoms with Gasteiger partial charge in [0.1, 0.15) is 29.7 Å². The van der Waals surface area contributed by atoms with E-state index in [4.69, 9.17) is 22.1 Å². The van der Waals surface area contributed by atoms with Crippen LogP contribution in [0.4, 0.5) is 10.1 Å². The van der Waals surface area contributed by atoms with Gasteiger partial charge < -0.3 is 10.5 Å². The molecule has 0 saturated carbocycles. The molecule has 2 aromatic rings. The Kier molecular flexibility index (Phi) is 4.57. The molecule has 2 rings (SSSR count). The van der Waals surface area contributed by atoms with Gasteiger partial charge in [-0.05, 0) is 18.2 Å². The van der Waals surface area contributed by atoms with Crippen LogP contribution in [-0.2, 0) is 13.7 Å². The van der Waals surface area contributed by atoms with Crippen LogP contribution < -0.4 is 10.5 Å². The molecule has 7 heteroatoms. The van der Waals surface area contributed by atoms with E-state index in [0.29, 0.717) is 18.0 Å². The second-order valence-electron chi connectivity index (χ2n) is 4.08. The van der Waals surface area contributed by atoms with Crippen molar-refractivity contribution in [3.63, 3.8) is 0 Å². The van der Waals surface area contributed by atoms with E-state index in [1.807, 2.05) is 13.1 Å². The minimum atomic E-state index is -0.418. The zero-order valence-corrected chi connectivity index (χ0v) is 11.6. The fraction of sp³-hybridized carbons (Fsp3) is 0.231. The fourth-order valence-corrected chi connectivity index (χ4v) is 1.64. The van der Waals surface area contributed by atoms with Gasteiger partial charge in [-0.3, -0.25) is 4.68 Å². The summed E-state index contributed by atoms with van der Waals surface area (Å²) in [5, 5.41) is 4.04. The molecule has 2 N–H and O–H groups in total. The zero-order valence-electron chi connectivity index (χ0n) is 10.9. The summed E-state index contributed by atoms with van der Waals surface area (Å²) in [6.07, 6.45) is 1.67. The average Bonchev–Trinajstić information content (AvgIpc) is 2.83. The van der Waals surface area contributed by atoms with Gasteiger partial charge in [-0.15, -0.1) is 11.6 Å². The number of benzene rings is 1. The summed E-state index contributed by atoms with van der Waals surface area (Å²) in [5.41, 5.74) is 6.76. The van der Waals surface area contributed by atoms with Gasteiger partial charge in [-0.25, -0.2) is 9.38 Å². The molecule has 0 amide bonds. The first kappa shape index (κ1) is 14.3. The van der Waals surface area contributed by atoms with Crippen LogP contribution in [0.2, 0.25) is 0 Å². The Morgan fingerprint density at radius 1 is 1.50 bits per heavy atom. The highest BCUT2D eigenvalue weighted by molar-refractivity contribution is 6.28. The summed E-state index contributed by atoms with van der Waals surface area (Å²) in [5.74, 6) is 0.278. The van der Waals surface area contributed by atoms with Crippen LogP contribution in [-0.4, -0.2) is 21.5 Å². The van der Waals surface area contributed by atoms with E-state index in [1.165, 1.54) is 18.2 Å². The Bertz CT molecular complexity index is 627. The number of hydrogen-bond acceptors (Lipinski definition) is 3. The van der Waals surface area contributed by atoms with Crippen LogP contribution in [0.5, 0.6) is 5.75 Å². The lowest BCUT2D eigenvalue weighted by Crippen LogP contribution is -2.12. The quantitative estimate of drug-likeness (QED) is 0.523. The number of alkyl halides is 1. The molecule has 106 valence electrons. The third kappa shape index (κ3) is 3.48. The molecule has 20 heavy (non-hydrogen) atoms. The van der Waals surface area contributed by atoms with Crippen molar-refractivity contribution < 1.29 is 9.13 Å². The molecule has 0 aliphatic heterocycles. The Morgan fingerprint density at radius 3 is 2.95 bits per heavy atom. The molecule has 0 bridgehead atoms. The normalized spacial score (nSPS) is 11.7. The van der Waals surface area contributed by atoms with Crippen molar-refractivity contribution in [2.75, 3.05) is 5.88 Å².